The molecular formula is C23H40O2SSn. The number of unbranched alkanes of at least 4 members (excludes halogenated alkanes) is 3. The second kappa shape index (κ2) is 18.9. The number of thiol groups is 1. The van der Waals surface area contributed by atoms with Gasteiger partial charge in [0.15, 0.2) is 0 Å². The van der Waals surface area contributed by atoms with Crippen molar-refractivity contribution in [3.05, 3.63) is 42.0 Å². The fourth-order valence-electron chi connectivity index (χ4n) is 2.85. The van der Waals surface area contributed by atoms with Crippen molar-refractivity contribution < 1.29 is 9.53 Å². The molecule has 0 bridgehead atoms. The van der Waals surface area contributed by atoms with Gasteiger partial charge in [-0.2, -0.15) is 0 Å². The van der Waals surface area contributed by atoms with Gasteiger partial charge in [0.05, 0.1) is 0 Å². The Morgan fingerprint density at radius 1 is 1.00 bits per heavy atom. The van der Waals surface area contributed by atoms with Gasteiger partial charge in [-0.1, -0.05) is 30.3 Å². The van der Waals surface area contributed by atoms with Gasteiger partial charge in [0.25, 0.3) is 0 Å². The van der Waals surface area contributed by atoms with Crippen molar-refractivity contribution in [2.45, 2.75) is 85.0 Å². The van der Waals surface area contributed by atoms with Gasteiger partial charge in [0.2, 0.25) is 0 Å². The zero-order valence-corrected chi connectivity index (χ0v) is 22.0. The van der Waals surface area contributed by atoms with Crippen LogP contribution in [0.4, 0.5) is 0 Å². The minimum atomic E-state index is -0.967. The van der Waals surface area contributed by atoms with Crippen LogP contribution in [0.5, 0.6) is 0 Å². The van der Waals surface area contributed by atoms with Gasteiger partial charge >= 0.3 is 98.3 Å². The van der Waals surface area contributed by atoms with Crippen LogP contribution in [0.15, 0.2) is 36.4 Å². The van der Waals surface area contributed by atoms with E-state index in [4.69, 9.17) is 4.74 Å². The van der Waals surface area contributed by atoms with Crippen LogP contribution in [0.2, 0.25) is 13.3 Å². The number of ether oxygens (including phenoxy) is 1. The van der Waals surface area contributed by atoms with Crippen LogP contribution in [-0.2, 0) is 9.53 Å². The van der Waals surface area contributed by atoms with Gasteiger partial charge in [0, 0.05) is 6.08 Å². The molecule has 0 aliphatic rings. The summed E-state index contributed by atoms with van der Waals surface area (Å²) in [6, 6.07) is 9.56. The molecule has 0 N–H and O–H groups in total. The number of esters is 1. The summed E-state index contributed by atoms with van der Waals surface area (Å²) in [5.74, 6) is -0.378. The number of rotatable bonds is 12. The van der Waals surface area contributed by atoms with Crippen LogP contribution in [-0.4, -0.2) is 31.2 Å². The third-order valence-electron chi connectivity index (χ3n) is 4.40. The summed E-state index contributed by atoms with van der Waals surface area (Å²) in [7, 11) is 0. The molecule has 0 aromatic heterocycles. The normalized spacial score (nSPS) is 11.9. The molecule has 0 aliphatic heterocycles. The van der Waals surface area contributed by atoms with Gasteiger partial charge in [-0.15, -0.1) is 12.6 Å². The van der Waals surface area contributed by atoms with Gasteiger partial charge < -0.3 is 4.74 Å². The molecule has 27 heavy (non-hydrogen) atoms. The zero-order valence-electron chi connectivity index (χ0n) is 17.8. The number of hydrogen-bond donors (Lipinski definition) is 1. The third-order valence-corrected chi connectivity index (χ3v) is 15.0. The summed E-state index contributed by atoms with van der Waals surface area (Å²) in [5.41, 5.74) is 0.596. The van der Waals surface area contributed by atoms with Crippen LogP contribution >= 0.6 is 12.6 Å². The zero-order chi connectivity index (χ0) is 20.3. The summed E-state index contributed by atoms with van der Waals surface area (Å²) in [6.45, 7) is 8.70. The van der Waals surface area contributed by atoms with Gasteiger partial charge in [-0.05, 0) is 18.6 Å². The minimum absolute atomic E-state index is 0.372. The predicted octanol–water partition coefficient (Wildman–Crippen LogP) is 7.13. The van der Waals surface area contributed by atoms with E-state index in [1.165, 1.54) is 44.6 Å². The van der Waals surface area contributed by atoms with Crippen LogP contribution < -0.4 is 0 Å². The third kappa shape index (κ3) is 17.4. The molecule has 154 valence electrons. The van der Waals surface area contributed by atoms with E-state index >= 15 is 0 Å². The number of carbonyl (C=O) groups excluding carboxylic acids is 1. The molecule has 0 aliphatic carbocycles. The number of carbonyl (C=O) groups is 1. The Labute approximate surface area is 180 Å². The van der Waals surface area contributed by atoms with Crippen molar-refractivity contribution in [3.8, 4) is 0 Å². The van der Waals surface area contributed by atoms with E-state index in [-0.39, 0.29) is 11.4 Å². The van der Waals surface area contributed by atoms with E-state index in [1.54, 1.807) is 26.3 Å². The second-order valence-electron chi connectivity index (χ2n) is 7.07. The topological polar surface area (TPSA) is 26.3 Å². The SMILES string of the molecule is CC(S)OC(=O)/C=C/c1ccccc1.CCC[CH2][SnH]([CH2]CCC)[CH2]CCC. The van der Waals surface area contributed by atoms with Crippen molar-refractivity contribution in [1.29, 1.82) is 0 Å². The van der Waals surface area contributed by atoms with Crippen molar-refractivity contribution in [2.24, 2.45) is 0 Å². The van der Waals surface area contributed by atoms with E-state index in [0.29, 0.717) is 0 Å². The van der Waals surface area contributed by atoms with Crippen LogP contribution in [0, 0.1) is 0 Å². The first kappa shape index (κ1) is 26.6. The molecule has 2 nitrogen and oxygen atoms in total. The maximum absolute atomic E-state index is 11.1. The Balaban J connectivity index is 0.000000503. The van der Waals surface area contributed by atoms with Crippen molar-refractivity contribution >= 4 is 44.4 Å². The molecule has 0 saturated carbocycles. The summed E-state index contributed by atoms with van der Waals surface area (Å²) < 4.78 is 9.89. The first-order valence-corrected chi connectivity index (χ1v) is 18.2. The Morgan fingerprint density at radius 3 is 1.89 bits per heavy atom. The Kier molecular flexibility index (Phi) is 18.6. The standard InChI is InChI=1S/C11H12O2S.3C4H9.Sn.H/c1-9(14)13-11(12)8-7-10-5-3-2-4-6-10;3*1-3-4-2;;/h2-9,14H,1H3;3*1,3-4H2,2H3;;/b8-7+;;;;;. The second-order valence-corrected chi connectivity index (χ2v) is 17.7. The van der Waals surface area contributed by atoms with Crippen molar-refractivity contribution in [3.63, 3.8) is 0 Å². The summed E-state index contributed by atoms with van der Waals surface area (Å²) >= 11 is 2.97. The fourth-order valence-corrected chi connectivity index (χ4v) is 13.9. The summed E-state index contributed by atoms with van der Waals surface area (Å²) in [4.78, 5) is 11.1. The molecule has 1 atom stereocenters. The van der Waals surface area contributed by atoms with Crippen LogP contribution in [0.25, 0.3) is 6.08 Å². The molecule has 0 radical (unpaired) electrons. The average Bonchev–Trinajstić information content (AvgIpc) is 2.66. The molecule has 1 unspecified atom stereocenters. The average molecular weight is 499 g/mol. The van der Waals surface area contributed by atoms with Crippen LogP contribution in [0.1, 0.15) is 71.8 Å². The molecule has 0 amide bonds. The Bertz CT molecular complexity index is 469. The molecule has 1 rings (SSSR count). The molecular weight excluding hydrogens is 459 g/mol. The van der Waals surface area contributed by atoms with E-state index < -0.39 is 19.8 Å². The van der Waals surface area contributed by atoms with Gasteiger partial charge in [-0.3, -0.25) is 0 Å². The molecule has 0 fully saturated rings. The first-order chi connectivity index (χ1) is 13.0. The van der Waals surface area contributed by atoms with E-state index in [9.17, 15) is 4.79 Å². The molecule has 1 aromatic carbocycles. The summed E-state index contributed by atoms with van der Waals surface area (Å²) in [5, 5.41) is 0. The van der Waals surface area contributed by atoms with E-state index in [1.807, 2.05) is 30.3 Å². The van der Waals surface area contributed by atoms with Crippen LogP contribution in [0.3, 0.4) is 0 Å². The summed E-state index contributed by atoms with van der Waals surface area (Å²) in [6.07, 6.45) is 12.0. The maximum atomic E-state index is 11.1. The quantitative estimate of drug-likeness (QED) is 0.109. The molecule has 1 aromatic rings. The van der Waals surface area contributed by atoms with Gasteiger partial charge in [-0.25, -0.2) is 4.79 Å². The Hall–Kier alpha value is -0.421. The fraction of sp³-hybridized carbons (Fsp3) is 0.609. The molecule has 0 spiro atoms. The van der Waals surface area contributed by atoms with Gasteiger partial charge in [0.1, 0.15) is 5.44 Å². The molecule has 0 heterocycles. The van der Waals surface area contributed by atoms with Crippen molar-refractivity contribution in [2.75, 3.05) is 0 Å². The first-order valence-electron chi connectivity index (χ1n) is 10.6. The van der Waals surface area contributed by atoms with E-state index in [0.717, 1.165) is 5.56 Å². The number of hydrogen-bond acceptors (Lipinski definition) is 3. The molecule has 0 saturated heterocycles. The molecule has 4 heteroatoms. The Morgan fingerprint density at radius 2 is 1.48 bits per heavy atom. The number of benzene rings is 1. The monoisotopic (exact) mass is 500 g/mol. The van der Waals surface area contributed by atoms with Crippen molar-refractivity contribution in [1.82, 2.24) is 0 Å². The predicted molar refractivity (Wildman–Crippen MR) is 126 cm³/mol. The van der Waals surface area contributed by atoms with E-state index in [2.05, 4.69) is 33.4 Å².